The maximum atomic E-state index is 12.4. The molecule has 172 valence electrons. The Morgan fingerprint density at radius 1 is 0.971 bits per heavy atom. The lowest BCUT2D eigenvalue weighted by atomic mass is 10.1. The molecule has 34 heavy (non-hydrogen) atoms. The Morgan fingerprint density at radius 2 is 1.79 bits per heavy atom. The van der Waals surface area contributed by atoms with Gasteiger partial charge < -0.3 is 24.8 Å². The fourth-order valence-electron chi connectivity index (χ4n) is 4.66. The summed E-state index contributed by atoms with van der Waals surface area (Å²) in [5.74, 6) is 1.48. The van der Waals surface area contributed by atoms with Crippen LogP contribution in [-0.2, 0) is 6.42 Å². The number of H-pyrrole nitrogens is 1. The average Bonchev–Trinajstić information content (AvgIpc) is 3.48. The Bertz CT molecular complexity index is 1360. The van der Waals surface area contributed by atoms with Gasteiger partial charge in [0.05, 0.1) is 11.1 Å². The first kappa shape index (κ1) is 20.7. The van der Waals surface area contributed by atoms with Crippen LogP contribution < -0.4 is 15.0 Å². The van der Waals surface area contributed by atoms with Crippen LogP contribution in [0.25, 0.3) is 11.0 Å². The van der Waals surface area contributed by atoms with Gasteiger partial charge in [-0.2, -0.15) is 4.98 Å². The molecule has 8 nitrogen and oxygen atoms in total. The van der Waals surface area contributed by atoms with Crippen molar-refractivity contribution < 1.29 is 9.53 Å². The Labute approximate surface area is 197 Å². The first-order valence-corrected chi connectivity index (χ1v) is 11.6. The zero-order valence-electron chi connectivity index (χ0n) is 19.0. The summed E-state index contributed by atoms with van der Waals surface area (Å²) < 4.78 is 6.19. The Balaban J connectivity index is 1.26. The van der Waals surface area contributed by atoms with Gasteiger partial charge >= 0.3 is 0 Å². The molecular weight excluding hydrogens is 428 g/mol. The Kier molecular flexibility index (Phi) is 5.15. The van der Waals surface area contributed by atoms with E-state index in [1.54, 1.807) is 6.20 Å². The third-order valence-corrected chi connectivity index (χ3v) is 6.58. The number of benzene rings is 2. The molecule has 2 N–H and O–H groups in total. The highest BCUT2D eigenvalue weighted by atomic mass is 16.5. The molecule has 1 saturated heterocycles. The average molecular weight is 455 g/mol. The summed E-state index contributed by atoms with van der Waals surface area (Å²) >= 11 is 0. The lowest BCUT2D eigenvalue weighted by molar-refractivity contribution is 0.0992. The molecule has 4 aromatic rings. The van der Waals surface area contributed by atoms with Crippen molar-refractivity contribution in [3.63, 3.8) is 0 Å². The number of likely N-dealkylation sites (N-methyl/N-ethyl adjacent to an activating group) is 1. The van der Waals surface area contributed by atoms with Crippen LogP contribution in [0.1, 0.15) is 22.3 Å². The van der Waals surface area contributed by atoms with E-state index in [-0.39, 0.29) is 5.78 Å². The van der Waals surface area contributed by atoms with Gasteiger partial charge in [0.15, 0.2) is 5.78 Å². The minimum absolute atomic E-state index is 0.112. The number of ether oxygens (including phenoxy) is 1. The molecule has 2 aromatic carbocycles. The highest BCUT2D eigenvalue weighted by Crippen LogP contribution is 2.35. The van der Waals surface area contributed by atoms with Crippen molar-refractivity contribution in [1.82, 2.24) is 19.9 Å². The zero-order valence-corrected chi connectivity index (χ0v) is 19.0. The zero-order chi connectivity index (χ0) is 23.1. The van der Waals surface area contributed by atoms with E-state index in [1.165, 1.54) is 5.69 Å². The maximum absolute atomic E-state index is 12.4. The minimum atomic E-state index is 0.112. The van der Waals surface area contributed by atoms with Crippen LogP contribution in [0.3, 0.4) is 0 Å². The molecule has 0 spiro atoms. The van der Waals surface area contributed by atoms with Crippen molar-refractivity contribution in [3.05, 3.63) is 65.9 Å². The van der Waals surface area contributed by atoms with E-state index in [1.807, 2.05) is 36.4 Å². The number of aromatic nitrogens is 3. The number of rotatable bonds is 5. The van der Waals surface area contributed by atoms with Gasteiger partial charge in [0.1, 0.15) is 11.3 Å². The summed E-state index contributed by atoms with van der Waals surface area (Å²) in [6, 6.07) is 15.9. The molecule has 2 aliphatic rings. The quantitative estimate of drug-likeness (QED) is 0.463. The summed E-state index contributed by atoms with van der Waals surface area (Å²) in [5, 5.41) is 3.30. The third kappa shape index (κ3) is 3.86. The number of ketones is 1. The second kappa shape index (κ2) is 8.46. The highest BCUT2D eigenvalue weighted by Gasteiger charge is 2.25. The number of hydrogen-bond acceptors (Lipinski definition) is 7. The van der Waals surface area contributed by atoms with Gasteiger partial charge in [-0.05, 0) is 55.4 Å². The highest BCUT2D eigenvalue weighted by molar-refractivity contribution is 6.03. The normalized spacial score (nSPS) is 16.1. The number of aryl methyl sites for hydroxylation is 1. The largest absolute Gasteiger partial charge is 0.436 e. The number of carbonyl (C=O) groups excluding carboxylic acids is 1. The van der Waals surface area contributed by atoms with Crippen molar-refractivity contribution >= 4 is 34.1 Å². The predicted octanol–water partition coefficient (Wildman–Crippen LogP) is 4.37. The van der Waals surface area contributed by atoms with Crippen LogP contribution >= 0.6 is 0 Å². The second-order valence-electron chi connectivity index (χ2n) is 8.87. The van der Waals surface area contributed by atoms with Crippen LogP contribution in [0.5, 0.6) is 11.6 Å². The van der Waals surface area contributed by atoms with Crippen LogP contribution in [0.4, 0.5) is 17.3 Å². The Hall–Kier alpha value is -3.91. The number of anilines is 3. The van der Waals surface area contributed by atoms with E-state index in [4.69, 9.17) is 4.74 Å². The van der Waals surface area contributed by atoms with Crippen molar-refractivity contribution in [2.45, 2.75) is 12.8 Å². The van der Waals surface area contributed by atoms with E-state index in [0.29, 0.717) is 35.1 Å². The molecule has 1 fully saturated rings. The molecule has 0 unspecified atom stereocenters. The van der Waals surface area contributed by atoms with Gasteiger partial charge in [-0.1, -0.05) is 12.1 Å². The van der Waals surface area contributed by atoms with Crippen LogP contribution in [-0.4, -0.2) is 58.9 Å². The predicted molar refractivity (Wildman–Crippen MR) is 132 cm³/mol. The standard InChI is InChI=1S/C26H26N6O2/c1-31-13-15-32(16-14-31)19-8-6-18(7-9-19)28-26-29-20-11-12-27-24(20)25(30-26)34-22-4-2-3-17-5-10-21(33)23(17)22/h2-4,6-9,11-12,27H,5,10,13-16H2,1H3,(H,28,29,30). The number of hydrogen-bond donors (Lipinski definition) is 2. The van der Waals surface area contributed by atoms with Gasteiger partial charge in [-0.3, -0.25) is 4.79 Å². The minimum Gasteiger partial charge on any atom is -0.436 e. The molecule has 3 heterocycles. The molecule has 6 rings (SSSR count). The molecule has 0 saturated carbocycles. The fourth-order valence-corrected chi connectivity index (χ4v) is 4.66. The molecule has 0 atom stereocenters. The molecule has 0 amide bonds. The van der Waals surface area contributed by atoms with Gasteiger partial charge in [-0.25, -0.2) is 4.98 Å². The number of piperazine rings is 1. The first-order valence-electron chi connectivity index (χ1n) is 11.6. The summed E-state index contributed by atoms with van der Waals surface area (Å²) in [6.07, 6.45) is 3.08. The summed E-state index contributed by atoms with van der Waals surface area (Å²) in [7, 11) is 2.16. The van der Waals surface area contributed by atoms with Gasteiger partial charge in [0, 0.05) is 50.2 Å². The topological polar surface area (TPSA) is 86.4 Å². The van der Waals surface area contributed by atoms with E-state index in [2.05, 4.69) is 49.2 Å². The number of Topliss-reactive ketones (excluding diaryl/α,β-unsaturated/α-hetero) is 1. The monoisotopic (exact) mass is 454 g/mol. The number of fused-ring (bicyclic) bond motifs is 2. The lowest BCUT2D eigenvalue weighted by Gasteiger charge is -2.34. The van der Waals surface area contributed by atoms with Crippen molar-refractivity contribution in [2.75, 3.05) is 43.4 Å². The van der Waals surface area contributed by atoms with E-state index >= 15 is 0 Å². The summed E-state index contributed by atoms with van der Waals surface area (Å²) in [5.41, 5.74) is 5.23. The number of nitrogens with one attached hydrogen (secondary N) is 2. The van der Waals surface area contributed by atoms with Gasteiger partial charge in [0.25, 0.3) is 0 Å². The van der Waals surface area contributed by atoms with E-state index < -0.39 is 0 Å². The van der Waals surface area contributed by atoms with Gasteiger partial charge in [0.2, 0.25) is 11.8 Å². The number of aromatic amines is 1. The third-order valence-electron chi connectivity index (χ3n) is 6.58. The molecule has 8 heteroatoms. The maximum Gasteiger partial charge on any atom is 0.248 e. The molecule has 1 aliphatic heterocycles. The first-order chi connectivity index (χ1) is 16.6. The van der Waals surface area contributed by atoms with Crippen molar-refractivity contribution in [1.29, 1.82) is 0 Å². The molecular formula is C26H26N6O2. The summed E-state index contributed by atoms with van der Waals surface area (Å²) in [6.45, 7) is 4.21. The fraction of sp³-hybridized carbons (Fsp3) is 0.269. The second-order valence-corrected chi connectivity index (χ2v) is 8.87. The number of nitrogens with zero attached hydrogens (tertiary/aromatic N) is 4. The van der Waals surface area contributed by atoms with Crippen molar-refractivity contribution in [2.24, 2.45) is 0 Å². The van der Waals surface area contributed by atoms with Gasteiger partial charge in [-0.15, -0.1) is 0 Å². The number of carbonyl (C=O) groups is 1. The van der Waals surface area contributed by atoms with Crippen molar-refractivity contribution in [3.8, 4) is 11.6 Å². The van der Waals surface area contributed by atoms with E-state index in [0.717, 1.165) is 49.4 Å². The smallest absolute Gasteiger partial charge is 0.248 e. The summed E-state index contributed by atoms with van der Waals surface area (Å²) in [4.78, 5) is 29.6. The van der Waals surface area contributed by atoms with Crippen LogP contribution in [0.2, 0.25) is 0 Å². The Morgan fingerprint density at radius 3 is 2.62 bits per heavy atom. The molecule has 1 aliphatic carbocycles. The SMILES string of the molecule is CN1CCN(c2ccc(Nc3nc(Oc4cccc5c4C(=O)CC5)c4[nH]ccc4n3)cc2)CC1. The lowest BCUT2D eigenvalue weighted by Crippen LogP contribution is -2.44. The molecule has 0 bridgehead atoms. The van der Waals surface area contributed by atoms with Crippen LogP contribution in [0.15, 0.2) is 54.7 Å². The van der Waals surface area contributed by atoms with Crippen LogP contribution in [0, 0.1) is 0 Å². The molecule has 2 aromatic heterocycles. The molecule has 0 radical (unpaired) electrons. The van der Waals surface area contributed by atoms with E-state index in [9.17, 15) is 4.79 Å².